The highest BCUT2D eigenvalue weighted by Gasteiger charge is 2.06. The van der Waals surface area contributed by atoms with Crippen molar-refractivity contribution in [3.05, 3.63) is 30.3 Å². The summed E-state index contributed by atoms with van der Waals surface area (Å²) in [5.41, 5.74) is 0.610. The van der Waals surface area contributed by atoms with Crippen molar-refractivity contribution < 1.29 is 14.3 Å². The quantitative estimate of drug-likeness (QED) is 0.780. The molecule has 0 bridgehead atoms. The summed E-state index contributed by atoms with van der Waals surface area (Å²) in [6.45, 7) is 1.89. The van der Waals surface area contributed by atoms with Crippen LogP contribution in [0, 0.1) is 0 Å². The molecule has 3 amide bonds. The van der Waals surface area contributed by atoms with E-state index in [2.05, 4.69) is 10.1 Å². The van der Waals surface area contributed by atoms with E-state index < -0.39 is 12.1 Å². The average molecular weight is 208 g/mol. The lowest BCUT2D eigenvalue weighted by Crippen LogP contribution is -2.34. The van der Waals surface area contributed by atoms with Crippen molar-refractivity contribution in [1.82, 2.24) is 5.32 Å². The SMILES string of the molecule is CCOC(=O)NC(=O)Nc1ccccc1. The van der Waals surface area contributed by atoms with Gasteiger partial charge in [0.1, 0.15) is 0 Å². The van der Waals surface area contributed by atoms with Crippen LogP contribution in [0.25, 0.3) is 0 Å². The summed E-state index contributed by atoms with van der Waals surface area (Å²) in [7, 11) is 0. The first-order valence-electron chi connectivity index (χ1n) is 4.52. The molecular weight excluding hydrogens is 196 g/mol. The van der Waals surface area contributed by atoms with Crippen LogP contribution < -0.4 is 10.6 Å². The van der Waals surface area contributed by atoms with Gasteiger partial charge >= 0.3 is 12.1 Å². The normalized spacial score (nSPS) is 9.13. The van der Waals surface area contributed by atoms with Gasteiger partial charge in [0, 0.05) is 5.69 Å². The number of nitrogens with one attached hydrogen (secondary N) is 2. The highest BCUT2D eigenvalue weighted by atomic mass is 16.5. The van der Waals surface area contributed by atoms with E-state index in [0.717, 1.165) is 0 Å². The number of amides is 3. The van der Waals surface area contributed by atoms with E-state index >= 15 is 0 Å². The number of alkyl carbamates (subject to hydrolysis) is 1. The van der Waals surface area contributed by atoms with Gasteiger partial charge in [0.2, 0.25) is 0 Å². The third-order valence-corrected chi connectivity index (χ3v) is 1.52. The molecular formula is C10H12N2O3. The molecule has 5 nitrogen and oxygen atoms in total. The Bertz CT molecular complexity index is 338. The number of hydrogen-bond donors (Lipinski definition) is 2. The van der Waals surface area contributed by atoms with Crippen LogP contribution in [-0.2, 0) is 4.74 Å². The lowest BCUT2D eigenvalue weighted by molar-refractivity contribution is 0.154. The number of carbonyl (C=O) groups is 2. The van der Waals surface area contributed by atoms with E-state index in [1.165, 1.54) is 0 Å². The molecule has 1 aromatic carbocycles. The van der Waals surface area contributed by atoms with Gasteiger partial charge < -0.3 is 10.1 Å². The van der Waals surface area contributed by atoms with Gasteiger partial charge in [0.25, 0.3) is 0 Å². The zero-order valence-corrected chi connectivity index (χ0v) is 8.32. The summed E-state index contributed by atoms with van der Waals surface area (Å²) in [5.74, 6) is 0. The molecule has 80 valence electrons. The number of anilines is 1. The third kappa shape index (κ3) is 4.12. The number of carbonyl (C=O) groups excluding carboxylic acids is 2. The molecule has 0 fully saturated rings. The van der Waals surface area contributed by atoms with Crippen molar-refractivity contribution in [1.29, 1.82) is 0 Å². The third-order valence-electron chi connectivity index (χ3n) is 1.52. The van der Waals surface area contributed by atoms with Gasteiger partial charge in [-0.15, -0.1) is 0 Å². The zero-order chi connectivity index (χ0) is 11.1. The van der Waals surface area contributed by atoms with E-state index in [9.17, 15) is 9.59 Å². The standard InChI is InChI=1S/C10H12N2O3/c1-2-15-10(14)12-9(13)11-8-6-4-3-5-7-8/h3-7H,2H2,1H3,(H2,11,12,13,14). The molecule has 0 aliphatic rings. The molecule has 1 aromatic rings. The smallest absolute Gasteiger partial charge is 0.415 e. The molecule has 0 aliphatic heterocycles. The van der Waals surface area contributed by atoms with Crippen molar-refractivity contribution in [3.63, 3.8) is 0 Å². The minimum Gasteiger partial charge on any atom is -0.450 e. The van der Waals surface area contributed by atoms with Crippen molar-refractivity contribution in [2.75, 3.05) is 11.9 Å². The molecule has 0 saturated carbocycles. The number of benzene rings is 1. The average Bonchev–Trinajstić information content (AvgIpc) is 2.19. The molecule has 0 heterocycles. The minimum absolute atomic E-state index is 0.227. The van der Waals surface area contributed by atoms with Crippen LogP contribution >= 0.6 is 0 Å². The van der Waals surface area contributed by atoms with Gasteiger partial charge in [-0.1, -0.05) is 18.2 Å². The van der Waals surface area contributed by atoms with Gasteiger partial charge in [0.05, 0.1) is 6.61 Å². The molecule has 1 rings (SSSR count). The first-order valence-corrected chi connectivity index (χ1v) is 4.52. The van der Waals surface area contributed by atoms with E-state index in [4.69, 9.17) is 0 Å². The van der Waals surface area contributed by atoms with E-state index in [1.54, 1.807) is 31.2 Å². The summed E-state index contributed by atoms with van der Waals surface area (Å²) < 4.78 is 4.54. The summed E-state index contributed by atoms with van der Waals surface area (Å²) >= 11 is 0. The van der Waals surface area contributed by atoms with Crippen LogP contribution in [0.2, 0.25) is 0 Å². The maximum atomic E-state index is 11.2. The minimum atomic E-state index is -0.758. The number of hydrogen-bond acceptors (Lipinski definition) is 3. The fraction of sp³-hybridized carbons (Fsp3) is 0.200. The first-order chi connectivity index (χ1) is 7.22. The summed E-state index contributed by atoms with van der Waals surface area (Å²) in [6, 6.07) is 8.20. The Balaban J connectivity index is 2.40. The van der Waals surface area contributed by atoms with Crippen LogP contribution in [0.4, 0.5) is 15.3 Å². The molecule has 0 aliphatic carbocycles. The maximum absolute atomic E-state index is 11.2. The van der Waals surface area contributed by atoms with Crippen molar-refractivity contribution in [3.8, 4) is 0 Å². The number of urea groups is 1. The largest absolute Gasteiger partial charge is 0.450 e. The Morgan fingerprint density at radius 3 is 2.53 bits per heavy atom. The van der Waals surface area contributed by atoms with Gasteiger partial charge in [-0.2, -0.15) is 0 Å². The number of para-hydroxylation sites is 1. The molecule has 0 radical (unpaired) electrons. The highest BCUT2D eigenvalue weighted by molar-refractivity contribution is 5.98. The fourth-order valence-corrected chi connectivity index (χ4v) is 0.944. The molecule has 0 saturated heterocycles. The van der Waals surface area contributed by atoms with E-state index in [1.807, 2.05) is 11.4 Å². The van der Waals surface area contributed by atoms with Crippen molar-refractivity contribution >= 4 is 17.8 Å². The zero-order valence-electron chi connectivity index (χ0n) is 8.32. The Hall–Kier alpha value is -2.04. The lowest BCUT2D eigenvalue weighted by Gasteiger charge is -2.05. The summed E-state index contributed by atoms with van der Waals surface area (Å²) in [6.07, 6.45) is -0.758. The molecule has 5 heteroatoms. The summed E-state index contributed by atoms with van der Waals surface area (Å²) in [4.78, 5) is 22.0. The Morgan fingerprint density at radius 2 is 1.93 bits per heavy atom. The lowest BCUT2D eigenvalue weighted by atomic mass is 10.3. The van der Waals surface area contributed by atoms with Crippen molar-refractivity contribution in [2.24, 2.45) is 0 Å². The van der Waals surface area contributed by atoms with Gasteiger partial charge in [0.15, 0.2) is 0 Å². The molecule has 0 unspecified atom stereocenters. The van der Waals surface area contributed by atoms with E-state index in [-0.39, 0.29) is 6.61 Å². The molecule has 2 N–H and O–H groups in total. The number of rotatable bonds is 2. The molecule has 0 atom stereocenters. The molecule has 15 heavy (non-hydrogen) atoms. The molecule has 0 aromatic heterocycles. The Morgan fingerprint density at radius 1 is 1.27 bits per heavy atom. The van der Waals surface area contributed by atoms with Crippen LogP contribution in [0.5, 0.6) is 0 Å². The number of imide groups is 1. The maximum Gasteiger partial charge on any atom is 0.415 e. The predicted octanol–water partition coefficient (Wildman–Crippen LogP) is 1.96. The Kier molecular flexibility index (Phi) is 4.15. The van der Waals surface area contributed by atoms with Gasteiger partial charge in [-0.05, 0) is 19.1 Å². The molecule has 0 spiro atoms. The predicted molar refractivity (Wildman–Crippen MR) is 55.6 cm³/mol. The number of ether oxygens (including phenoxy) is 1. The Labute approximate surface area is 87.4 Å². The van der Waals surface area contributed by atoms with Crippen LogP contribution in [0.1, 0.15) is 6.92 Å². The first kappa shape index (κ1) is 11.0. The fourth-order valence-electron chi connectivity index (χ4n) is 0.944. The van der Waals surface area contributed by atoms with Crippen LogP contribution in [-0.4, -0.2) is 18.7 Å². The monoisotopic (exact) mass is 208 g/mol. The topological polar surface area (TPSA) is 67.4 Å². The van der Waals surface area contributed by atoms with E-state index in [0.29, 0.717) is 5.69 Å². The highest BCUT2D eigenvalue weighted by Crippen LogP contribution is 2.03. The van der Waals surface area contributed by atoms with Crippen LogP contribution in [0.15, 0.2) is 30.3 Å². The second kappa shape index (κ2) is 5.64. The summed E-state index contributed by atoms with van der Waals surface area (Å²) in [5, 5.41) is 4.50. The second-order valence-electron chi connectivity index (χ2n) is 2.67. The van der Waals surface area contributed by atoms with Crippen LogP contribution in [0.3, 0.4) is 0 Å². The van der Waals surface area contributed by atoms with Gasteiger partial charge in [-0.3, -0.25) is 0 Å². The van der Waals surface area contributed by atoms with Crippen molar-refractivity contribution in [2.45, 2.75) is 6.92 Å². The van der Waals surface area contributed by atoms with Gasteiger partial charge in [-0.25, -0.2) is 14.9 Å². The second-order valence-corrected chi connectivity index (χ2v) is 2.67.